The summed E-state index contributed by atoms with van der Waals surface area (Å²) >= 11 is 6.13. The highest BCUT2D eigenvalue weighted by atomic mass is 35.5. The number of phenols is 1. The lowest BCUT2D eigenvalue weighted by Gasteiger charge is -2.29. The average Bonchev–Trinajstić information content (AvgIpc) is 3.43. The van der Waals surface area contributed by atoms with Crippen molar-refractivity contribution in [1.82, 2.24) is 9.80 Å². The summed E-state index contributed by atoms with van der Waals surface area (Å²) < 4.78 is 11.1. The van der Waals surface area contributed by atoms with Gasteiger partial charge in [-0.05, 0) is 36.9 Å². The van der Waals surface area contributed by atoms with Crippen molar-refractivity contribution in [3.05, 3.63) is 74.2 Å². The van der Waals surface area contributed by atoms with Crippen LogP contribution in [0.5, 0.6) is 11.5 Å². The number of likely N-dealkylation sites (N-methyl/N-ethyl adjacent to an activating group) is 1. The van der Waals surface area contributed by atoms with E-state index in [0.29, 0.717) is 35.8 Å². The van der Waals surface area contributed by atoms with Crippen LogP contribution in [0.1, 0.15) is 36.0 Å². The van der Waals surface area contributed by atoms with Crippen molar-refractivity contribution >= 4 is 39.9 Å². The number of phenolic OH excluding ortho intramolecular Hbond substituents is 1. The van der Waals surface area contributed by atoms with E-state index in [0.717, 1.165) is 12.1 Å². The van der Waals surface area contributed by atoms with Gasteiger partial charge in [0.15, 0.2) is 28.6 Å². The number of hydrogen-bond donors (Lipinski definition) is 2. The molecule has 1 aliphatic rings. The summed E-state index contributed by atoms with van der Waals surface area (Å²) in [5, 5.41) is 33.2. The van der Waals surface area contributed by atoms with Gasteiger partial charge >= 0.3 is 5.69 Å². The molecule has 38 heavy (non-hydrogen) atoms. The zero-order valence-corrected chi connectivity index (χ0v) is 21.7. The highest BCUT2D eigenvalue weighted by molar-refractivity contribution is 6.31. The number of nitro groups is 1. The first-order chi connectivity index (χ1) is 18.1. The van der Waals surface area contributed by atoms with E-state index in [1.165, 1.54) is 30.2 Å². The largest absolute Gasteiger partial charge is 0.503 e. The molecule has 1 amide bonds. The number of Topliss-reactive ketones (excluding diaryl/α,β-unsaturated/α-hetero) is 1. The molecule has 2 heterocycles. The highest BCUT2D eigenvalue weighted by Crippen LogP contribution is 2.42. The quantitative estimate of drug-likeness (QED) is 0.212. The number of aliphatic hydroxyl groups excluding tert-OH is 1. The molecule has 0 saturated heterocycles. The Hall–Kier alpha value is -4.09. The number of methoxy groups -OCH3 is 1. The number of benzene rings is 2. The van der Waals surface area contributed by atoms with Gasteiger partial charge in [-0.1, -0.05) is 31.5 Å². The van der Waals surface area contributed by atoms with E-state index in [1.807, 2.05) is 13.8 Å². The van der Waals surface area contributed by atoms with Crippen molar-refractivity contribution in [1.29, 1.82) is 0 Å². The van der Waals surface area contributed by atoms with E-state index in [2.05, 4.69) is 4.90 Å². The van der Waals surface area contributed by atoms with E-state index < -0.39 is 39.9 Å². The number of rotatable bonds is 10. The van der Waals surface area contributed by atoms with Gasteiger partial charge in [-0.2, -0.15) is 0 Å². The zero-order valence-electron chi connectivity index (χ0n) is 20.9. The maximum Gasteiger partial charge on any atom is 0.311 e. The Balaban J connectivity index is 1.83. The standard InChI is InChI=1S/C26H26ClN3O8/c1-4-28(5-2)8-9-29-22(14-6-7-18(31)17(11-14)30(35)36)21(24(33)26(29)34)23(32)19-12-15-10-16(27)13-20(37-3)25(15)38-19/h6-7,10-13,22,31,33H,4-5,8-9H2,1-3H3. The molecule has 0 aliphatic carbocycles. The summed E-state index contributed by atoms with van der Waals surface area (Å²) in [6, 6.07) is 6.93. The molecule has 0 saturated carbocycles. The fraction of sp³-hybridized carbons (Fsp3) is 0.308. The second kappa shape index (κ2) is 10.7. The third kappa shape index (κ3) is 4.77. The van der Waals surface area contributed by atoms with Crippen molar-refractivity contribution in [3.63, 3.8) is 0 Å². The van der Waals surface area contributed by atoms with Gasteiger partial charge in [0.05, 0.1) is 23.6 Å². The number of halogens is 1. The summed E-state index contributed by atoms with van der Waals surface area (Å²) in [6.45, 7) is 5.91. The molecule has 0 spiro atoms. The maximum atomic E-state index is 13.8. The molecule has 2 N–H and O–H groups in total. The second-order valence-corrected chi connectivity index (χ2v) is 9.10. The van der Waals surface area contributed by atoms with Gasteiger partial charge in [0, 0.05) is 35.6 Å². The van der Waals surface area contributed by atoms with Gasteiger partial charge in [0.2, 0.25) is 5.78 Å². The fourth-order valence-corrected chi connectivity index (χ4v) is 4.81. The molecule has 3 aromatic rings. The summed E-state index contributed by atoms with van der Waals surface area (Å²) in [5.41, 5.74) is -0.468. The molecule has 1 unspecified atom stereocenters. The number of ketones is 1. The molecule has 11 nitrogen and oxygen atoms in total. The second-order valence-electron chi connectivity index (χ2n) is 8.66. The lowest BCUT2D eigenvalue weighted by Crippen LogP contribution is -2.38. The van der Waals surface area contributed by atoms with Gasteiger partial charge in [-0.25, -0.2) is 0 Å². The van der Waals surface area contributed by atoms with E-state index in [-0.39, 0.29) is 29.0 Å². The molecule has 0 radical (unpaired) electrons. The van der Waals surface area contributed by atoms with Crippen LogP contribution in [0.4, 0.5) is 5.69 Å². The van der Waals surface area contributed by atoms with Crippen LogP contribution in [0.15, 0.2) is 52.1 Å². The Labute approximate surface area is 222 Å². The van der Waals surface area contributed by atoms with Gasteiger partial charge < -0.3 is 29.2 Å². The van der Waals surface area contributed by atoms with Crippen LogP contribution < -0.4 is 4.74 Å². The Morgan fingerprint density at radius 2 is 1.92 bits per heavy atom. The first-order valence-corrected chi connectivity index (χ1v) is 12.2. The number of nitro benzene ring substituents is 1. The van der Waals surface area contributed by atoms with Crippen LogP contribution in [-0.4, -0.2) is 69.9 Å². The number of furan rings is 1. The Morgan fingerprint density at radius 3 is 2.55 bits per heavy atom. The summed E-state index contributed by atoms with van der Waals surface area (Å²) in [4.78, 5) is 41.1. The number of carbonyl (C=O) groups excluding carboxylic acids is 2. The minimum Gasteiger partial charge on any atom is -0.503 e. The molecular weight excluding hydrogens is 518 g/mol. The summed E-state index contributed by atoms with van der Waals surface area (Å²) in [7, 11) is 1.42. The Bertz CT molecular complexity index is 1460. The van der Waals surface area contributed by atoms with Crippen LogP contribution in [0.3, 0.4) is 0 Å². The molecule has 12 heteroatoms. The lowest BCUT2D eigenvalue weighted by molar-refractivity contribution is -0.385. The van der Waals surface area contributed by atoms with Crippen molar-refractivity contribution in [2.24, 2.45) is 0 Å². The molecule has 200 valence electrons. The van der Waals surface area contributed by atoms with E-state index in [1.54, 1.807) is 6.07 Å². The molecule has 1 atom stereocenters. The molecule has 1 aromatic heterocycles. The van der Waals surface area contributed by atoms with Crippen molar-refractivity contribution < 1.29 is 33.9 Å². The smallest absolute Gasteiger partial charge is 0.311 e. The summed E-state index contributed by atoms with van der Waals surface area (Å²) in [6.07, 6.45) is 0. The molecule has 2 aromatic carbocycles. The maximum absolute atomic E-state index is 13.8. The van der Waals surface area contributed by atoms with Gasteiger partial charge in [-0.3, -0.25) is 19.7 Å². The van der Waals surface area contributed by atoms with Crippen molar-refractivity contribution in [2.45, 2.75) is 19.9 Å². The first-order valence-electron chi connectivity index (χ1n) is 11.9. The van der Waals surface area contributed by atoms with Crippen LogP contribution in [0, 0.1) is 10.1 Å². The molecular formula is C26H26ClN3O8. The minimum absolute atomic E-state index is 0.129. The number of ether oxygens (including phenoxy) is 1. The zero-order chi connectivity index (χ0) is 27.7. The number of carbonyl (C=O) groups is 2. The predicted molar refractivity (Wildman–Crippen MR) is 139 cm³/mol. The Kier molecular flexibility index (Phi) is 7.61. The number of hydrogen-bond acceptors (Lipinski definition) is 9. The monoisotopic (exact) mass is 543 g/mol. The molecule has 0 fully saturated rings. The predicted octanol–water partition coefficient (Wildman–Crippen LogP) is 4.63. The highest BCUT2D eigenvalue weighted by Gasteiger charge is 2.45. The minimum atomic E-state index is -1.16. The van der Waals surface area contributed by atoms with Crippen LogP contribution in [0.25, 0.3) is 11.0 Å². The van der Waals surface area contributed by atoms with Crippen molar-refractivity contribution in [2.75, 3.05) is 33.3 Å². The topological polar surface area (TPSA) is 147 Å². The van der Waals surface area contributed by atoms with Crippen molar-refractivity contribution in [3.8, 4) is 11.5 Å². The first kappa shape index (κ1) is 27.0. The summed E-state index contributed by atoms with van der Waals surface area (Å²) in [5.74, 6) is -2.81. The van der Waals surface area contributed by atoms with Crippen LogP contribution in [-0.2, 0) is 4.79 Å². The van der Waals surface area contributed by atoms with Gasteiger partial charge in [-0.15, -0.1) is 0 Å². The van der Waals surface area contributed by atoms with E-state index in [9.17, 15) is 29.9 Å². The van der Waals surface area contributed by atoms with E-state index in [4.69, 9.17) is 20.8 Å². The normalized spacial score (nSPS) is 15.7. The van der Waals surface area contributed by atoms with E-state index >= 15 is 0 Å². The third-order valence-electron chi connectivity index (χ3n) is 6.60. The molecule has 0 bridgehead atoms. The number of aromatic hydroxyl groups is 1. The SMILES string of the molecule is CCN(CC)CCN1C(=O)C(O)=C(C(=O)c2cc3cc(Cl)cc(OC)c3o2)C1c1ccc(O)c([N+](=O)[O-])c1. The number of fused-ring (bicyclic) bond motifs is 1. The number of nitrogens with zero attached hydrogens (tertiary/aromatic N) is 3. The molecule has 1 aliphatic heterocycles. The lowest BCUT2D eigenvalue weighted by atomic mass is 9.94. The van der Waals surface area contributed by atoms with Gasteiger partial charge in [0.1, 0.15) is 0 Å². The van der Waals surface area contributed by atoms with Gasteiger partial charge in [0.25, 0.3) is 5.91 Å². The third-order valence-corrected chi connectivity index (χ3v) is 6.82. The van der Waals surface area contributed by atoms with Crippen LogP contribution >= 0.6 is 11.6 Å². The van der Waals surface area contributed by atoms with Crippen LogP contribution in [0.2, 0.25) is 5.02 Å². The molecule has 4 rings (SSSR count). The average molecular weight is 544 g/mol. The number of amides is 1. The Morgan fingerprint density at radius 1 is 1.21 bits per heavy atom. The number of aliphatic hydroxyl groups is 1. The fourth-order valence-electron chi connectivity index (χ4n) is 4.59.